The number of ether oxygens (including phenoxy) is 2. The zero-order valence-corrected chi connectivity index (χ0v) is 14.6. The van der Waals surface area contributed by atoms with Crippen molar-refractivity contribution in [2.24, 2.45) is 0 Å². The minimum atomic E-state index is -3.73. The maximum atomic E-state index is 12.8. The Morgan fingerprint density at radius 1 is 1.12 bits per heavy atom. The number of nitrogens with zero attached hydrogens (tertiary/aromatic N) is 2. The van der Waals surface area contributed by atoms with Crippen molar-refractivity contribution in [1.82, 2.24) is 15.2 Å². The molecule has 1 aromatic carbocycles. The maximum Gasteiger partial charge on any atom is 0.192 e. The summed E-state index contributed by atoms with van der Waals surface area (Å²) in [6.07, 6.45) is 0. The average molecular weight is 365 g/mol. The van der Waals surface area contributed by atoms with Crippen molar-refractivity contribution >= 4 is 21.2 Å². The molecule has 0 spiro atoms. The lowest BCUT2D eigenvalue weighted by molar-refractivity contribution is 0.373. The van der Waals surface area contributed by atoms with E-state index in [1.165, 1.54) is 25.6 Å². The van der Waals surface area contributed by atoms with E-state index in [2.05, 4.69) is 15.2 Å². The highest BCUT2D eigenvalue weighted by molar-refractivity contribution is 7.90. The predicted molar refractivity (Wildman–Crippen MR) is 90.1 cm³/mol. The van der Waals surface area contributed by atoms with Crippen molar-refractivity contribution < 1.29 is 17.9 Å². The van der Waals surface area contributed by atoms with Crippen LogP contribution in [0.1, 0.15) is 5.82 Å². The van der Waals surface area contributed by atoms with Gasteiger partial charge in [-0.15, -0.1) is 11.3 Å². The fourth-order valence-electron chi connectivity index (χ4n) is 2.25. The quantitative estimate of drug-likeness (QED) is 0.721. The van der Waals surface area contributed by atoms with Gasteiger partial charge >= 0.3 is 0 Å². The molecule has 0 aliphatic rings. The van der Waals surface area contributed by atoms with Crippen molar-refractivity contribution in [2.75, 3.05) is 14.2 Å². The number of nitrogens with one attached hydrogen (secondary N) is 1. The summed E-state index contributed by atoms with van der Waals surface area (Å²) in [4.78, 5) is 5.13. The summed E-state index contributed by atoms with van der Waals surface area (Å²) >= 11 is 1.48. The van der Waals surface area contributed by atoms with E-state index in [-0.39, 0.29) is 28.0 Å². The summed E-state index contributed by atoms with van der Waals surface area (Å²) in [5, 5.41) is 8.65. The number of aromatic amines is 1. The van der Waals surface area contributed by atoms with Crippen molar-refractivity contribution in [3.63, 3.8) is 0 Å². The largest absolute Gasteiger partial charge is 0.495 e. The number of benzene rings is 1. The third-order valence-corrected chi connectivity index (χ3v) is 5.84. The topological polar surface area (TPSA) is 94.2 Å². The van der Waals surface area contributed by atoms with Gasteiger partial charge in [-0.1, -0.05) is 12.1 Å². The number of hydrogen-bond donors (Lipinski definition) is 1. The molecule has 2 heterocycles. The molecule has 3 rings (SSSR count). The first kappa shape index (κ1) is 16.5. The lowest BCUT2D eigenvalue weighted by atomic mass is 10.3. The van der Waals surface area contributed by atoms with Crippen LogP contribution in [0.15, 0.2) is 40.6 Å². The molecular weight excluding hydrogens is 350 g/mol. The first-order chi connectivity index (χ1) is 11.5. The summed E-state index contributed by atoms with van der Waals surface area (Å²) in [6.45, 7) is 0. The Morgan fingerprint density at radius 3 is 2.42 bits per heavy atom. The molecule has 2 aromatic heterocycles. The highest BCUT2D eigenvalue weighted by Crippen LogP contribution is 2.34. The third-order valence-electron chi connectivity index (χ3n) is 3.29. The van der Waals surface area contributed by atoms with E-state index in [1.54, 1.807) is 18.2 Å². The van der Waals surface area contributed by atoms with Crippen LogP contribution in [0.2, 0.25) is 0 Å². The van der Waals surface area contributed by atoms with Crippen molar-refractivity contribution in [3.8, 4) is 22.2 Å². The molecule has 126 valence electrons. The molecule has 0 aliphatic carbocycles. The van der Waals surface area contributed by atoms with Crippen LogP contribution in [-0.4, -0.2) is 37.8 Å². The van der Waals surface area contributed by atoms with Crippen LogP contribution in [0.25, 0.3) is 10.7 Å². The number of hydrogen-bond acceptors (Lipinski definition) is 7. The summed E-state index contributed by atoms with van der Waals surface area (Å²) < 4.78 is 36.0. The number of sulfone groups is 1. The predicted octanol–water partition coefficient (Wildman–Crippen LogP) is 2.52. The monoisotopic (exact) mass is 365 g/mol. The zero-order chi connectivity index (χ0) is 17.2. The average Bonchev–Trinajstić information content (AvgIpc) is 3.24. The Balaban J connectivity index is 1.95. The molecule has 0 aliphatic heterocycles. The Morgan fingerprint density at radius 2 is 1.83 bits per heavy atom. The van der Waals surface area contributed by atoms with Gasteiger partial charge in [0.05, 0.1) is 19.1 Å². The van der Waals surface area contributed by atoms with E-state index in [4.69, 9.17) is 9.47 Å². The summed E-state index contributed by atoms with van der Waals surface area (Å²) in [5.74, 6) is 0.857. The van der Waals surface area contributed by atoms with E-state index in [1.807, 2.05) is 17.5 Å². The molecule has 24 heavy (non-hydrogen) atoms. The van der Waals surface area contributed by atoms with Gasteiger partial charge in [0.15, 0.2) is 20.6 Å². The van der Waals surface area contributed by atoms with Crippen LogP contribution in [0, 0.1) is 0 Å². The third kappa shape index (κ3) is 3.13. The Labute approximate surface area is 143 Å². The van der Waals surface area contributed by atoms with E-state index in [9.17, 15) is 8.42 Å². The molecule has 0 saturated carbocycles. The molecule has 0 saturated heterocycles. The van der Waals surface area contributed by atoms with Gasteiger partial charge in [-0.2, -0.15) is 5.10 Å². The lowest BCUT2D eigenvalue weighted by Crippen LogP contribution is -2.10. The number of rotatable bonds is 6. The normalized spacial score (nSPS) is 11.4. The van der Waals surface area contributed by atoms with Gasteiger partial charge in [0.2, 0.25) is 0 Å². The summed E-state index contributed by atoms with van der Waals surface area (Å²) in [5.41, 5.74) is 0. The molecule has 0 amide bonds. The summed E-state index contributed by atoms with van der Waals surface area (Å²) in [7, 11) is -0.907. The van der Waals surface area contributed by atoms with Gasteiger partial charge in [-0.05, 0) is 23.6 Å². The minimum absolute atomic E-state index is 0.00377. The van der Waals surface area contributed by atoms with Gasteiger partial charge in [-0.25, -0.2) is 13.4 Å². The van der Waals surface area contributed by atoms with Crippen molar-refractivity contribution in [3.05, 3.63) is 41.5 Å². The fraction of sp³-hybridized carbons (Fsp3) is 0.200. The molecule has 0 bridgehead atoms. The lowest BCUT2D eigenvalue weighted by Gasteiger charge is -2.12. The van der Waals surface area contributed by atoms with E-state index >= 15 is 0 Å². The molecule has 0 unspecified atom stereocenters. The second kappa shape index (κ2) is 6.62. The highest BCUT2D eigenvalue weighted by atomic mass is 32.2. The van der Waals surface area contributed by atoms with Gasteiger partial charge in [0, 0.05) is 0 Å². The maximum absolute atomic E-state index is 12.8. The molecular formula is C15H15N3O4S2. The van der Waals surface area contributed by atoms with Gasteiger partial charge in [-0.3, -0.25) is 5.10 Å². The highest BCUT2D eigenvalue weighted by Gasteiger charge is 2.26. The standard InChI is InChI=1S/C15H15N3O4S2/c1-21-10-5-3-6-11(22-2)14(10)24(19,20)9-13-16-15(18-17-13)12-7-4-8-23-12/h3-8H,9H2,1-2H3,(H,16,17,18). The molecule has 0 atom stereocenters. The van der Waals surface area contributed by atoms with E-state index < -0.39 is 9.84 Å². The molecule has 9 heteroatoms. The van der Waals surface area contributed by atoms with Crippen LogP contribution in [0.3, 0.4) is 0 Å². The van der Waals surface area contributed by atoms with Crippen LogP contribution >= 0.6 is 11.3 Å². The van der Waals surface area contributed by atoms with Crippen LogP contribution in [0.4, 0.5) is 0 Å². The fourth-order valence-corrected chi connectivity index (χ4v) is 4.46. The van der Waals surface area contributed by atoms with E-state index in [0.717, 1.165) is 4.88 Å². The number of methoxy groups -OCH3 is 2. The minimum Gasteiger partial charge on any atom is -0.495 e. The Bertz CT molecular complexity index is 911. The van der Waals surface area contributed by atoms with Crippen LogP contribution < -0.4 is 9.47 Å². The molecule has 1 N–H and O–H groups in total. The van der Waals surface area contributed by atoms with Crippen molar-refractivity contribution in [2.45, 2.75) is 10.6 Å². The SMILES string of the molecule is COc1cccc(OC)c1S(=O)(=O)Cc1nc(-c2cccs2)n[nH]1. The molecule has 7 nitrogen and oxygen atoms in total. The number of H-pyrrole nitrogens is 1. The molecule has 0 radical (unpaired) electrons. The smallest absolute Gasteiger partial charge is 0.192 e. The van der Waals surface area contributed by atoms with Gasteiger partial charge < -0.3 is 9.47 Å². The van der Waals surface area contributed by atoms with Gasteiger partial charge in [0.25, 0.3) is 0 Å². The van der Waals surface area contributed by atoms with Crippen LogP contribution in [-0.2, 0) is 15.6 Å². The Hall–Kier alpha value is -2.39. The van der Waals surface area contributed by atoms with Gasteiger partial charge in [0.1, 0.15) is 23.1 Å². The number of aromatic nitrogens is 3. The van der Waals surface area contributed by atoms with E-state index in [0.29, 0.717) is 5.82 Å². The van der Waals surface area contributed by atoms with Crippen LogP contribution in [0.5, 0.6) is 11.5 Å². The molecule has 0 fully saturated rings. The Kier molecular flexibility index (Phi) is 4.54. The molecule has 3 aromatic rings. The summed E-state index contributed by atoms with van der Waals surface area (Å²) in [6, 6.07) is 8.57. The second-order valence-corrected chi connectivity index (χ2v) is 7.71. The second-order valence-electron chi connectivity index (χ2n) is 4.83. The first-order valence-corrected chi connectivity index (χ1v) is 9.47. The first-order valence-electron chi connectivity index (χ1n) is 6.94. The van der Waals surface area contributed by atoms with Crippen molar-refractivity contribution in [1.29, 1.82) is 0 Å². The zero-order valence-electron chi connectivity index (χ0n) is 13.0. The number of thiophene rings is 1.